The Morgan fingerprint density at radius 3 is 2.66 bits per heavy atom. The highest BCUT2D eigenvalue weighted by Crippen LogP contribution is 2.50. The zero-order valence-corrected chi connectivity index (χ0v) is 23.6. The molecule has 4 aliphatic heterocycles. The zero-order chi connectivity index (χ0) is 27.9. The number of fused-ring (bicyclic) bond motifs is 4. The number of phenolic OH excluding ortho intramolecular Hbond substituents is 1. The molecule has 0 spiro atoms. The number of nitrogens with zero attached hydrogens (tertiary/aromatic N) is 4. The predicted octanol–water partition coefficient (Wildman–Crippen LogP) is 5.57. The number of anilines is 1. The first kappa shape index (κ1) is 25.9. The number of aromatic nitrogens is 2. The van der Waals surface area contributed by atoms with E-state index in [2.05, 4.69) is 20.1 Å². The van der Waals surface area contributed by atoms with Crippen molar-refractivity contribution in [1.29, 1.82) is 0 Å². The normalized spacial score (nSPS) is 29.4. The third-order valence-electron chi connectivity index (χ3n) is 9.90. The Hall–Kier alpha value is -2.75. The van der Waals surface area contributed by atoms with Gasteiger partial charge in [-0.3, -0.25) is 4.90 Å². The lowest BCUT2D eigenvalue weighted by Crippen LogP contribution is -2.51. The molecule has 4 unspecified atom stereocenters. The van der Waals surface area contributed by atoms with Crippen LogP contribution in [-0.2, 0) is 0 Å². The molecule has 0 amide bonds. The average Bonchev–Trinajstić information content (AvgIpc) is 3.52. The van der Waals surface area contributed by atoms with Crippen LogP contribution in [0, 0.1) is 5.82 Å². The van der Waals surface area contributed by atoms with Crippen molar-refractivity contribution in [2.75, 3.05) is 37.7 Å². The fourth-order valence-electron chi connectivity index (χ4n) is 7.87. The second kappa shape index (κ2) is 9.64. The number of piperazine rings is 1. The molecule has 41 heavy (non-hydrogen) atoms. The number of hydrogen-bond acceptors (Lipinski definition) is 7. The third kappa shape index (κ3) is 4.43. The molecule has 216 valence electrons. The smallest absolute Gasteiger partial charge is 0.319 e. The minimum Gasteiger partial charge on any atom is -0.508 e. The number of aromatic hydroxyl groups is 1. The summed E-state index contributed by atoms with van der Waals surface area (Å²) in [4.78, 5) is 13.9. The molecule has 4 saturated heterocycles. The number of halogens is 3. The van der Waals surface area contributed by atoms with Gasteiger partial charge in [-0.15, -0.1) is 0 Å². The molecule has 0 radical (unpaired) electrons. The number of alkyl halides is 1. The van der Waals surface area contributed by atoms with Crippen LogP contribution in [0.1, 0.15) is 56.4 Å². The molecule has 1 aliphatic carbocycles. The van der Waals surface area contributed by atoms with E-state index in [4.69, 9.17) is 21.3 Å². The van der Waals surface area contributed by atoms with Crippen LogP contribution in [-0.4, -0.2) is 76.6 Å². The van der Waals surface area contributed by atoms with Crippen LogP contribution in [0.3, 0.4) is 0 Å². The maximum atomic E-state index is 16.6. The van der Waals surface area contributed by atoms with E-state index in [0.717, 1.165) is 63.7 Å². The largest absolute Gasteiger partial charge is 0.508 e. The Labute approximate surface area is 242 Å². The number of benzene rings is 2. The average molecular weight is 582 g/mol. The molecular weight excluding hydrogens is 548 g/mol. The van der Waals surface area contributed by atoms with Gasteiger partial charge in [0.15, 0.2) is 5.82 Å². The Morgan fingerprint density at radius 1 is 1.07 bits per heavy atom. The summed E-state index contributed by atoms with van der Waals surface area (Å²) in [5, 5.41) is 15.1. The summed E-state index contributed by atoms with van der Waals surface area (Å²) in [5.41, 5.74) is 1.65. The Bertz CT molecular complexity index is 1520. The standard InChI is InChI=1S/C31H34ClF2N5O2/c32-25-11-21(40)10-24(26(25)17-2-3-17)22-6-7-23-28(27(22)34)36-30(37-29(23)38-14-19-4-5-20(15-38)35-19)41-16-31-8-1-9-39(31)13-18(33)12-31/h6-7,10-11,17-20,35,40H,1-5,8-9,12-16H2. The first-order chi connectivity index (χ1) is 19.9. The van der Waals surface area contributed by atoms with Gasteiger partial charge < -0.3 is 20.1 Å². The van der Waals surface area contributed by atoms with Crippen LogP contribution in [0.5, 0.6) is 11.8 Å². The van der Waals surface area contributed by atoms with Gasteiger partial charge in [-0.05, 0) is 80.3 Å². The minimum absolute atomic E-state index is 0.000641. The highest BCUT2D eigenvalue weighted by Gasteiger charge is 2.49. The summed E-state index contributed by atoms with van der Waals surface area (Å²) in [6.45, 7) is 3.14. The Balaban J connectivity index is 1.23. The summed E-state index contributed by atoms with van der Waals surface area (Å²) in [5.74, 6) is 0.438. The highest BCUT2D eigenvalue weighted by atomic mass is 35.5. The summed E-state index contributed by atoms with van der Waals surface area (Å²) >= 11 is 6.56. The van der Waals surface area contributed by atoms with E-state index in [-0.39, 0.29) is 35.3 Å². The second-order valence-electron chi connectivity index (χ2n) is 12.7. The first-order valence-electron chi connectivity index (χ1n) is 14.9. The van der Waals surface area contributed by atoms with E-state index in [9.17, 15) is 9.50 Å². The van der Waals surface area contributed by atoms with E-state index in [0.29, 0.717) is 52.4 Å². The molecule has 1 aromatic heterocycles. The van der Waals surface area contributed by atoms with E-state index < -0.39 is 12.0 Å². The maximum Gasteiger partial charge on any atom is 0.319 e. The van der Waals surface area contributed by atoms with Gasteiger partial charge in [-0.25, -0.2) is 8.78 Å². The molecule has 3 aromatic rings. The highest BCUT2D eigenvalue weighted by molar-refractivity contribution is 6.32. The van der Waals surface area contributed by atoms with Gasteiger partial charge in [0.25, 0.3) is 0 Å². The topological polar surface area (TPSA) is 73.8 Å². The number of ether oxygens (including phenoxy) is 1. The van der Waals surface area contributed by atoms with Gasteiger partial charge in [-0.1, -0.05) is 17.7 Å². The van der Waals surface area contributed by atoms with E-state index in [1.54, 1.807) is 12.1 Å². The molecule has 10 heteroatoms. The van der Waals surface area contributed by atoms with Crippen molar-refractivity contribution >= 4 is 28.3 Å². The number of phenols is 1. The van der Waals surface area contributed by atoms with Gasteiger partial charge in [-0.2, -0.15) is 9.97 Å². The quantitative estimate of drug-likeness (QED) is 0.394. The van der Waals surface area contributed by atoms with E-state index in [1.807, 2.05) is 6.07 Å². The number of hydrogen-bond donors (Lipinski definition) is 2. The molecule has 4 atom stereocenters. The molecule has 2 bridgehead atoms. The predicted molar refractivity (Wildman–Crippen MR) is 154 cm³/mol. The number of rotatable bonds is 6. The molecular formula is C31H34ClF2N5O2. The van der Waals surface area contributed by atoms with E-state index >= 15 is 4.39 Å². The summed E-state index contributed by atoms with van der Waals surface area (Å²) in [7, 11) is 0. The lowest BCUT2D eigenvalue weighted by Gasteiger charge is -2.34. The summed E-state index contributed by atoms with van der Waals surface area (Å²) in [6, 6.07) is 7.62. The van der Waals surface area contributed by atoms with Gasteiger partial charge in [0.2, 0.25) is 0 Å². The molecule has 5 fully saturated rings. The van der Waals surface area contributed by atoms with Crippen molar-refractivity contribution < 1.29 is 18.6 Å². The number of nitrogens with one attached hydrogen (secondary N) is 1. The van der Waals surface area contributed by atoms with Crippen molar-refractivity contribution in [3.8, 4) is 22.9 Å². The SMILES string of the molecule is Oc1cc(Cl)c(C2CC2)c(-c2ccc3c(N4CC5CCC(C4)N5)nc(OCC45CCCN4CC(F)C5)nc3c2F)c1. The van der Waals surface area contributed by atoms with Crippen LogP contribution >= 0.6 is 11.6 Å². The summed E-state index contributed by atoms with van der Waals surface area (Å²) < 4.78 is 37.3. The molecule has 2 N–H and O–H groups in total. The second-order valence-corrected chi connectivity index (χ2v) is 13.1. The van der Waals surface area contributed by atoms with Crippen molar-refractivity contribution in [3.05, 3.63) is 40.7 Å². The lowest BCUT2D eigenvalue weighted by molar-refractivity contribution is 0.107. The van der Waals surface area contributed by atoms with Crippen LogP contribution in [0.15, 0.2) is 24.3 Å². The Kier molecular flexibility index (Phi) is 6.10. The van der Waals surface area contributed by atoms with Crippen molar-refractivity contribution in [1.82, 2.24) is 20.2 Å². The Morgan fingerprint density at radius 2 is 1.88 bits per heavy atom. The molecule has 5 heterocycles. The monoisotopic (exact) mass is 581 g/mol. The van der Waals surface area contributed by atoms with Crippen molar-refractivity contribution in [2.24, 2.45) is 0 Å². The van der Waals surface area contributed by atoms with Crippen LogP contribution in [0.4, 0.5) is 14.6 Å². The van der Waals surface area contributed by atoms with Crippen LogP contribution in [0.2, 0.25) is 5.02 Å². The van der Waals surface area contributed by atoms with Gasteiger partial charge in [0, 0.05) is 54.1 Å². The molecule has 8 rings (SSSR count). The zero-order valence-electron chi connectivity index (χ0n) is 22.9. The third-order valence-corrected chi connectivity index (χ3v) is 10.2. The van der Waals surface area contributed by atoms with Gasteiger partial charge in [0.1, 0.15) is 29.9 Å². The minimum atomic E-state index is -0.863. The maximum absolute atomic E-state index is 16.6. The van der Waals surface area contributed by atoms with Crippen LogP contribution < -0.4 is 15.0 Å². The van der Waals surface area contributed by atoms with Gasteiger partial charge >= 0.3 is 6.01 Å². The fraction of sp³-hybridized carbons (Fsp3) is 0.548. The molecule has 1 saturated carbocycles. The van der Waals surface area contributed by atoms with Crippen molar-refractivity contribution in [2.45, 2.75) is 74.7 Å². The summed E-state index contributed by atoms with van der Waals surface area (Å²) in [6.07, 6.45) is 5.65. The fourth-order valence-corrected chi connectivity index (χ4v) is 8.24. The van der Waals surface area contributed by atoms with Crippen molar-refractivity contribution in [3.63, 3.8) is 0 Å². The van der Waals surface area contributed by atoms with Gasteiger partial charge in [0.05, 0.1) is 5.54 Å². The lowest BCUT2D eigenvalue weighted by atomic mass is 9.94. The van der Waals surface area contributed by atoms with Crippen LogP contribution in [0.25, 0.3) is 22.0 Å². The molecule has 2 aromatic carbocycles. The molecule has 7 nitrogen and oxygen atoms in total. The molecule has 5 aliphatic rings. The van der Waals surface area contributed by atoms with E-state index in [1.165, 1.54) is 6.07 Å². The first-order valence-corrected chi connectivity index (χ1v) is 15.3.